The van der Waals surface area contributed by atoms with E-state index in [9.17, 15) is 4.79 Å². The highest BCUT2D eigenvalue weighted by molar-refractivity contribution is 9.10. The second kappa shape index (κ2) is 6.07. The van der Waals surface area contributed by atoms with E-state index in [1.165, 1.54) is 0 Å². The summed E-state index contributed by atoms with van der Waals surface area (Å²) >= 11 is 5.12. The zero-order valence-electron chi connectivity index (χ0n) is 13.0. The number of ether oxygens (including phenoxy) is 1. The monoisotopic (exact) mass is 399 g/mol. The fourth-order valence-corrected chi connectivity index (χ4v) is 4.26. The van der Waals surface area contributed by atoms with Gasteiger partial charge >= 0.3 is 0 Å². The molecule has 3 aromatic rings. The number of hydrogen-bond acceptors (Lipinski definition) is 3. The van der Waals surface area contributed by atoms with Gasteiger partial charge in [0.25, 0.3) is 0 Å². The molecule has 3 nitrogen and oxygen atoms in total. The summed E-state index contributed by atoms with van der Waals surface area (Å²) in [5.74, 6) is 0.967. The van der Waals surface area contributed by atoms with Gasteiger partial charge in [0.15, 0.2) is 0 Å². The molecule has 1 amide bonds. The lowest BCUT2D eigenvalue weighted by molar-refractivity contribution is -0.116. The maximum atomic E-state index is 12.4. The molecular weight excluding hydrogens is 386 g/mol. The summed E-state index contributed by atoms with van der Waals surface area (Å²) in [5.41, 5.74) is 3.04. The summed E-state index contributed by atoms with van der Waals surface area (Å²) in [6, 6.07) is 17.9. The first-order valence-corrected chi connectivity index (χ1v) is 9.12. The minimum absolute atomic E-state index is 0.125. The fraction of sp³-hybridized carbons (Fsp3) is 0.105. The topological polar surface area (TPSA) is 29.5 Å². The van der Waals surface area contributed by atoms with Crippen LogP contribution in [-0.4, -0.2) is 13.0 Å². The standard InChI is InChI=1S/C19H14BrNO2S/c1-23-15-8-2-12(3-9-15)17-10-16-18(24-17)11-19(22)21(16)14-6-4-13(20)5-7-14/h2-10H,11H2,1H3. The number of thiophene rings is 1. The van der Waals surface area contributed by atoms with Crippen molar-refractivity contribution in [3.8, 4) is 16.2 Å². The molecule has 2 aromatic carbocycles. The number of fused-ring (bicyclic) bond motifs is 1. The van der Waals surface area contributed by atoms with Crippen molar-refractivity contribution in [3.05, 3.63) is 63.9 Å². The van der Waals surface area contributed by atoms with Crippen LogP contribution in [0.25, 0.3) is 10.4 Å². The van der Waals surface area contributed by atoms with Gasteiger partial charge in [-0.25, -0.2) is 0 Å². The molecule has 0 unspecified atom stereocenters. The van der Waals surface area contributed by atoms with Crippen LogP contribution in [0.4, 0.5) is 11.4 Å². The summed E-state index contributed by atoms with van der Waals surface area (Å²) < 4.78 is 6.21. The predicted octanol–water partition coefficient (Wildman–Crippen LogP) is 5.41. The van der Waals surface area contributed by atoms with Gasteiger partial charge in [0.05, 0.1) is 19.2 Å². The van der Waals surface area contributed by atoms with Crippen molar-refractivity contribution >= 4 is 44.5 Å². The third kappa shape index (κ3) is 2.64. The number of carbonyl (C=O) groups excluding carboxylic acids is 1. The van der Waals surface area contributed by atoms with Crippen molar-refractivity contribution in [1.29, 1.82) is 0 Å². The fourth-order valence-electron chi connectivity index (χ4n) is 2.86. The molecule has 0 saturated heterocycles. The van der Waals surface area contributed by atoms with Gasteiger partial charge in [-0.2, -0.15) is 0 Å². The van der Waals surface area contributed by atoms with E-state index in [0.717, 1.165) is 36.9 Å². The molecular formula is C19H14BrNO2S. The summed E-state index contributed by atoms with van der Waals surface area (Å²) in [4.78, 5) is 16.5. The van der Waals surface area contributed by atoms with E-state index in [1.807, 2.05) is 53.4 Å². The highest BCUT2D eigenvalue weighted by Gasteiger charge is 2.31. The quantitative estimate of drug-likeness (QED) is 0.589. The largest absolute Gasteiger partial charge is 0.497 e. The average molecular weight is 400 g/mol. The Morgan fingerprint density at radius 2 is 1.79 bits per heavy atom. The molecule has 0 bridgehead atoms. The Morgan fingerprint density at radius 1 is 1.08 bits per heavy atom. The predicted molar refractivity (Wildman–Crippen MR) is 101 cm³/mol. The van der Waals surface area contributed by atoms with E-state index in [4.69, 9.17) is 4.74 Å². The van der Waals surface area contributed by atoms with Crippen LogP contribution in [0.3, 0.4) is 0 Å². The van der Waals surface area contributed by atoms with Crippen molar-refractivity contribution in [2.45, 2.75) is 6.42 Å². The molecule has 120 valence electrons. The molecule has 1 aliphatic rings. The second-order valence-corrected chi connectivity index (χ2v) is 7.58. The molecule has 5 heteroatoms. The number of methoxy groups -OCH3 is 1. The summed E-state index contributed by atoms with van der Waals surface area (Å²) in [7, 11) is 1.66. The molecule has 1 aromatic heterocycles. The lowest BCUT2D eigenvalue weighted by Crippen LogP contribution is -2.20. The Balaban J connectivity index is 1.71. The molecule has 2 heterocycles. The molecule has 0 fully saturated rings. The molecule has 0 atom stereocenters. The van der Waals surface area contributed by atoms with E-state index < -0.39 is 0 Å². The summed E-state index contributed by atoms with van der Waals surface area (Å²) in [5, 5.41) is 0. The van der Waals surface area contributed by atoms with Gasteiger partial charge < -0.3 is 4.74 Å². The highest BCUT2D eigenvalue weighted by atomic mass is 79.9. The van der Waals surface area contributed by atoms with Gasteiger partial charge in [-0.15, -0.1) is 11.3 Å². The van der Waals surface area contributed by atoms with E-state index in [1.54, 1.807) is 18.4 Å². The first-order chi connectivity index (χ1) is 11.7. The Kier molecular flexibility index (Phi) is 3.90. The van der Waals surface area contributed by atoms with Crippen molar-refractivity contribution < 1.29 is 9.53 Å². The highest BCUT2D eigenvalue weighted by Crippen LogP contribution is 2.44. The van der Waals surface area contributed by atoms with E-state index in [2.05, 4.69) is 22.0 Å². The van der Waals surface area contributed by atoms with Gasteiger partial charge in [-0.1, -0.05) is 15.9 Å². The van der Waals surface area contributed by atoms with E-state index >= 15 is 0 Å². The number of nitrogens with zero attached hydrogens (tertiary/aromatic N) is 1. The van der Waals surface area contributed by atoms with Crippen LogP contribution >= 0.6 is 27.3 Å². The van der Waals surface area contributed by atoms with Crippen molar-refractivity contribution in [2.24, 2.45) is 0 Å². The number of hydrogen-bond donors (Lipinski definition) is 0. The Hall–Kier alpha value is -2.11. The first kappa shape index (κ1) is 15.4. The lowest BCUT2D eigenvalue weighted by Gasteiger charge is -2.16. The van der Waals surface area contributed by atoms with Crippen molar-refractivity contribution in [3.63, 3.8) is 0 Å². The first-order valence-electron chi connectivity index (χ1n) is 7.51. The van der Waals surface area contributed by atoms with Crippen molar-refractivity contribution in [1.82, 2.24) is 0 Å². The number of halogens is 1. The Morgan fingerprint density at radius 3 is 2.46 bits per heavy atom. The van der Waals surface area contributed by atoms with Gasteiger partial charge in [0.2, 0.25) is 5.91 Å². The summed E-state index contributed by atoms with van der Waals surface area (Å²) in [6.07, 6.45) is 0.465. The molecule has 0 spiro atoms. The molecule has 24 heavy (non-hydrogen) atoms. The number of anilines is 2. The Bertz CT molecular complexity index is 900. The zero-order chi connectivity index (χ0) is 16.7. The van der Waals surface area contributed by atoms with Crippen molar-refractivity contribution in [2.75, 3.05) is 12.0 Å². The maximum Gasteiger partial charge on any atom is 0.236 e. The third-order valence-electron chi connectivity index (χ3n) is 4.05. The molecule has 4 rings (SSSR count). The average Bonchev–Trinajstić information content (AvgIpc) is 3.13. The van der Waals surface area contributed by atoms with Crippen LogP contribution in [0.2, 0.25) is 0 Å². The van der Waals surface area contributed by atoms with E-state index in [0.29, 0.717) is 6.42 Å². The lowest BCUT2D eigenvalue weighted by atomic mass is 10.2. The smallest absolute Gasteiger partial charge is 0.236 e. The minimum atomic E-state index is 0.125. The SMILES string of the molecule is COc1ccc(-c2cc3c(s2)CC(=O)N3c2ccc(Br)cc2)cc1. The van der Waals surface area contributed by atoms with Gasteiger partial charge in [0.1, 0.15) is 5.75 Å². The zero-order valence-corrected chi connectivity index (χ0v) is 15.4. The normalized spacial score (nSPS) is 13.2. The minimum Gasteiger partial charge on any atom is -0.497 e. The van der Waals surface area contributed by atoms with Crippen LogP contribution < -0.4 is 9.64 Å². The molecule has 0 saturated carbocycles. The van der Waals surface area contributed by atoms with Gasteiger partial charge in [-0.05, 0) is 60.2 Å². The van der Waals surface area contributed by atoms with Crippen LogP contribution in [0.5, 0.6) is 5.75 Å². The van der Waals surface area contributed by atoms with Crippen LogP contribution in [0.1, 0.15) is 4.88 Å². The maximum absolute atomic E-state index is 12.4. The molecule has 0 aliphatic carbocycles. The molecule has 0 N–H and O–H groups in total. The van der Waals surface area contributed by atoms with E-state index in [-0.39, 0.29) is 5.91 Å². The second-order valence-electron chi connectivity index (χ2n) is 5.53. The Labute approximate surface area is 152 Å². The van der Waals surface area contributed by atoms with Crippen LogP contribution in [0, 0.1) is 0 Å². The number of amides is 1. The molecule has 0 radical (unpaired) electrons. The summed E-state index contributed by atoms with van der Waals surface area (Å²) in [6.45, 7) is 0. The van der Waals surface area contributed by atoms with Crippen LogP contribution in [-0.2, 0) is 11.2 Å². The number of carbonyl (C=O) groups is 1. The molecule has 1 aliphatic heterocycles. The van der Waals surface area contributed by atoms with Gasteiger partial charge in [-0.3, -0.25) is 9.69 Å². The third-order valence-corrected chi connectivity index (χ3v) is 5.75. The number of benzene rings is 2. The number of rotatable bonds is 3. The van der Waals surface area contributed by atoms with Crippen LogP contribution in [0.15, 0.2) is 59.1 Å². The van der Waals surface area contributed by atoms with Gasteiger partial charge in [0, 0.05) is 19.9 Å².